The first kappa shape index (κ1) is 17.7. The Morgan fingerprint density at radius 3 is 2.42 bits per heavy atom. The fourth-order valence-corrected chi connectivity index (χ4v) is 2.44. The molecule has 0 spiro atoms. The number of carbonyl (C=O) groups is 2. The van der Waals surface area contributed by atoms with Gasteiger partial charge in [-0.25, -0.2) is 0 Å². The van der Waals surface area contributed by atoms with Gasteiger partial charge in [0.05, 0.1) is 6.54 Å². The van der Waals surface area contributed by atoms with Crippen LogP contribution in [0.3, 0.4) is 0 Å². The molecule has 0 radical (unpaired) electrons. The molecule has 24 heavy (non-hydrogen) atoms. The minimum atomic E-state index is -0.468. The zero-order valence-electron chi connectivity index (χ0n) is 14.1. The quantitative estimate of drug-likeness (QED) is 0.720. The van der Waals surface area contributed by atoms with Gasteiger partial charge in [-0.3, -0.25) is 9.59 Å². The Kier molecular flexibility index (Phi) is 5.69. The van der Waals surface area contributed by atoms with Crippen LogP contribution in [-0.4, -0.2) is 24.0 Å². The standard InChI is InChI=1S/C18H22N4O2/c1-4-5-10-18(21-22-18)11-9-15(23)19-12-16(24)20-17-13(2)7-6-8-14(17)3/h1,6-8H,5,9-12H2,2-3H3,(H,19,23)(H,20,24). The van der Waals surface area contributed by atoms with Gasteiger partial charge in [-0.2, -0.15) is 10.2 Å². The number of benzene rings is 1. The molecule has 0 aromatic heterocycles. The molecule has 0 unspecified atom stereocenters. The Labute approximate surface area is 142 Å². The van der Waals surface area contributed by atoms with Gasteiger partial charge in [-0.1, -0.05) is 18.2 Å². The van der Waals surface area contributed by atoms with Gasteiger partial charge in [0.1, 0.15) is 0 Å². The van der Waals surface area contributed by atoms with Crippen molar-refractivity contribution < 1.29 is 9.59 Å². The summed E-state index contributed by atoms with van der Waals surface area (Å²) in [6.07, 6.45) is 7.29. The van der Waals surface area contributed by atoms with Crippen LogP contribution in [0.1, 0.15) is 36.8 Å². The van der Waals surface area contributed by atoms with Crippen LogP contribution in [0.15, 0.2) is 28.4 Å². The Balaban J connectivity index is 1.72. The van der Waals surface area contributed by atoms with Gasteiger partial charge in [0, 0.05) is 31.4 Å². The first-order valence-electron chi connectivity index (χ1n) is 7.96. The van der Waals surface area contributed by atoms with E-state index in [1.54, 1.807) is 0 Å². The van der Waals surface area contributed by atoms with E-state index >= 15 is 0 Å². The number of carbonyl (C=O) groups excluding carboxylic acids is 2. The Morgan fingerprint density at radius 2 is 1.83 bits per heavy atom. The highest BCUT2D eigenvalue weighted by molar-refractivity contribution is 5.95. The van der Waals surface area contributed by atoms with Crippen LogP contribution in [0, 0.1) is 26.2 Å². The average Bonchev–Trinajstić information content (AvgIpc) is 3.33. The first-order chi connectivity index (χ1) is 11.5. The maximum absolute atomic E-state index is 12.0. The monoisotopic (exact) mass is 326 g/mol. The number of aryl methyl sites for hydroxylation is 2. The minimum Gasteiger partial charge on any atom is -0.347 e. The summed E-state index contributed by atoms with van der Waals surface area (Å²) in [6, 6.07) is 5.80. The van der Waals surface area contributed by atoms with Crippen LogP contribution < -0.4 is 10.6 Å². The van der Waals surface area contributed by atoms with Crippen molar-refractivity contribution in [2.45, 2.75) is 45.2 Å². The fourth-order valence-electron chi connectivity index (χ4n) is 2.44. The molecule has 1 aromatic carbocycles. The summed E-state index contributed by atoms with van der Waals surface area (Å²) in [5.74, 6) is 2.11. The van der Waals surface area contributed by atoms with E-state index in [1.165, 1.54) is 0 Å². The van der Waals surface area contributed by atoms with Crippen molar-refractivity contribution >= 4 is 17.5 Å². The van der Waals surface area contributed by atoms with Crippen LogP contribution in [0.25, 0.3) is 0 Å². The summed E-state index contributed by atoms with van der Waals surface area (Å²) in [5.41, 5.74) is 2.30. The summed E-state index contributed by atoms with van der Waals surface area (Å²) in [5, 5.41) is 13.4. The minimum absolute atomic E-state index is 0.0573. The second-order valence-electron chi connectivity index (χ2n) is 5.98. The second kappa shape index (κ2) is 7.73. The number of amides is 2. The summed E-state index contributed by atoms with van der Waals surface area (Å²) < 4.78 is 0. The van der Waals surface area contributed by atoms with E-state index in [0.717, 1.165) is 16.8 Å². The lowest BCUT2D eigenvalue weighted by molar-refractivity contribution is -0.124. The highest BCUT2D eigenvalue weighted by Gasteiger charge is 2.39. The number of hydrogen-bond acceptors (Lipinski definition) is 4. The van der Waals surface area contributed by atoms with E-state index in [-0.39, 0.29) is 24.8 Å². The molecule has 0 fully saturated rings. The van der Waals surface area contributed by atoms with Crippen molar-refractivity contribution in [2.75, 3.05) is 11.9 Å². The number of nitrogens with one attached hydrogen (secondary N) is 2. The predicted octanol–water partition coefficient (Wildman–Crippen LogP) is 2.71. The van der Waals surface area contributed by atoms with Gasteiger partial charge < -0.3 is 10.6 Å². The molecular formula is C18H22N4O2. The molecule has 1 heterocycles. The molecule has 0 atom stereocenters. The summed E-state index contributed by atoms with van der Waals surface area (Å²) >= 11 is 0. The van der Waals surface area contributed by atoms with Crippen molar-refractivity contribution in [3.8, 4) is 12.3 Å². The van der Waals surface area contributed by atoms with Crippen molar-refractivity contribution in [3.63, 3.8) is 0 Å². The lowest BCUT2D eigenvalue weighted by atomic mass is 10.0. The van der Waals surface area contributed by atoms with E-state index in [9.17, 15) is 9.59 Å². The average molecular weight is 326 g/mol. The van der Waals surface area contributed by atoms with Gasteiger partial charge in [0.15, 0.2) is 5.66 Å². The summed E-state index contributed by atoms with van der Waals surface area (Å²) in [7, 11) is 0. The van der Waals surface area contributed by atoms with Crippen molar-refractivity contribution in [1.29, 1.82) is 0 Å². The van der Waals surface area contributed by atoms with Crippen molar-refractivity contribution in [2.24, 2.45) is 10.2 Å². The van der Waals surface area contributed by atoms with Crippen LogP contribution in [-0.2, 0) is 9.59 Å². The van der Waals surface area contributed by atoms with Crippen molar-refractivity contribution in [3.05, 3.63) is 29.3 Å². The van der Waals surface area contributed by atoms with Gasteiger partial charge in [0.2, 0.25) is 11.8 Å². The largest absolute Gasteiger partial charge is 0.347 e. The van der Waals surface area contributed by atoms with E-state index in [4.69, 9.17) is 6.42 Å². The third-order valence-corrected chi connectivity index (χ3v) is 4.00. The normalized spacial score (nSPS) is 13.9. The maximum Gasteiger partial charge on any atom is 0.243 e. The van der Waals surface area contributed by atoms with Crippen molar-refractivity contribution in [1.82, 2.24) is 5.32 Å². The molecule has 2 rings (SSSR count). The fraction of sp³-hybridized carbons (Fsp3) is 0.444. The summed E-state index contributed by atoms with van der Waals surface area (Å²) in [6.45, 7) is 3.80. The van der Waals surface area contributed by atoms with Crippen LogP contribution in [0.4, 0.5) is 5.69 Å². The number of terminal acetylenes is 1. The maximum atomic E-state index is 12.0. The number of hydrogen-bond donors (Lipinski definition) is 2. The molecule has 2 amide bonds. The molecule has 6 nitrogen and oxygen atoms in total. The Morgan fingerprint density at radius 1 is 1.17 bits per heavy atom. The van der Waals surface area contributed by atoms with E-state index < -0.39 is 5.66 Å². The van der Waals surface area contributed by atoms with E-state index in [1.807, 2.05) is 32.0 Å². The van der Waals surface area contributed by atoms with Crippen LogP contribution in [0.5, 0.6) is 0 Å². The van der Waals surface area contributed by atoms with Crippen LogP contribution in [0.2, 0.25) is 0 Å². The zero-order valence-corrected chi connectivity index (χ0v) is 14.1. The zero-order chi connectivity index (χ0) is 17.6. The smallest absolute Gasteiger partial charge is 0.243 e. The third kappa shape index (κ3) is 4.92. The number of anilines is 1. The molecule has 0 aliphatic carbocycles. The Hall–Kier alpha value is -2.68. The number of rotatable bonds is 8. The third-order valence-electron chi connectivity index (χ3n) is 4.00. The molecule has 6 heteroatoms. The Bertz CT molecular complexity index is 677. The molecule has 1 aromatic rings. The summed E-state index contributed by atoms with van der Waals surface area (Å²) in [4.78, 5) is 23.9. The number of para-hydroxylation sites is 1. The molecule has 1 aliphatic rings. The highest BCUT2D eigenvalue weighted by Crippen LogP contribution is 2.37. The molecular weight excluding hydrogens is 304 g/mol. The molecule has 1 aliphatic heterocycles. The second-order valence-corrected chi connectivity index (χ2v) is 5.98. The van der Waals surface area contributed by atoms with Gasteiger partial charge >= 0.3 is 0 Å². The predicted molar refractivity (Wildman–Crippen MR) is 92.4 cm³/mol. The van der Waals surface area contributed by atoms with E-state index in [0.29, 0.717) is 19.3 Å². The lowest BCUT2D eigenvalue weighted by Gasteiger charge is -2.12. The van der Waals surface area contributed by atoms with Gasteiger partial charge in [-0.15, -0.1) is 12.3 Å². The highest BCUT2D eigenvalue weighted by atomic mass is 16.2. The number of nitrogens with zero attached hydrogens (tertiary/aromatic N) is 2. The molecule has 2 N–H and O–H groups in total. The molecule has 0 saturated carbocycles. The van der Waals surface area contributed by atoms with Crippen LogP contribution >= 0.6 is 0 Å². The SMILES string of the molecule is C#CCCC1(CCC(=O)NCC(=O)Nc2c(C)cccc2C)N=N1. The van der Waals surface area contributed by atoms with E-state index in [2.05, 4.69) is 26.8 Å². The molecule has 0 bridgehead atoms. The first-order valence-corrected chi connectivity index (χ1v) is 7.96. The van der Waals surface area contributed by atoms with Gasteiger partial charge in [0.25, 0.3) is 0 Å². The lowest BCUT2D eigenvalue weighted by Crippen LogP contribution is -2.33. The topological polar surface area (TPSA) is 82.9 Å². The molecule has 126 valence electrons. The molecule has 0 saturated heterocycles. The van der Waals surface area contributed by atoms with Gasteiger partial charge in [-0.05, 0) is 25.0 Å².